The lowest BCUT2D eigenvalue weighted by Crippen LogP contribution is -2.06. The van der Waals surface area contributed by atoms with Crippen LogP contribution in [0.5, 0.6) is 5.75 Å². The number of halogens is 2. The highest BCUT2D eigenvalue weighted by atomic mass is 35.5. The second-order valence-electron chi connectivity index (χ2n) is 2.43. The third-order valence-electron chi connectivity index (χ3n) is 1.48. The molecule has 1 aromatic carbocycles. The molecule has 2 nitrogen and oxygen atoms in total. The zero-order valence-electron chi connectivity index (χ0n) is 6.56. The SMILES string of the molecule is CNCc1cc(Cl)c(O)cc1F. The summed E-state index contributed by atoms with van der Waals surface area (Å²) in [6.07, 6.45) is 0. The molecule has 0 aliphatic carbocycles. The first-order valence-corrected chi connectivity index (χ1v) is 3.84. The molecule has 0 atom stereocenters. The van der Waals surface area contributed by atoms with Gasteiger partial charge in [-0.3, -0.25) is 0 Å². The minimum atomic E-state index is -0.453. The number of hydrogen-bond acceptors (Lipinski definition) is 2. The molecule has 0 aliphatic heterocycles. The molecule has 0 heterocycles. The molecule has 0 unspecified atom stereocenters. The van der Waals surface area contributed by atoms with Gasteiger partial charge in [-0.05, 0) is 13.1 Å². The highest BCUT2D eigenvalue weighted by molar-refractivity contribution is 6.32. The van der Waals surface area contributed by atoms with Crippen molar-refractivity contribution in [3.8, 4) is 5.75 Å². The van der Waals surface area contributed by atoms with Crippen molar-refractivity contribution in [3.63, 3.8) is 0 Å². The Morgan fingerprint density at radius 3 is 2.83 bits per heavy atom. The van der Waals surface area contributed by atoms with Crippen LogP contribution in [0.25, 0.3) is 0 Å². The molecule has 0 radical (unpaired) electrons. The van der Waals surface area contributed by atoms with E-state index in [9.17, 15) is 4.39 Å². The fourth-order valence-corrected chi connectivity index (χ4v) is 1.09. The van der Waals surface area contributed by atoms with Gasteiger partial charge in [-0.1, -0.05) is 11.6 Å². The summed E-state index contributed by atoms with van der Waals surface area (Å²) < 4.78 is 13.0. The van der Waals surface area contributed by atoms with E-state index in [2.05, 4.69) is 5.32 Å². The molecule has 0 bridgehead atoms. The normalized spacial score (nSPS) is 10.2. The van der Waals surface area contributed by atoms with E-state index in [1.54, 1.807) is 7.05 Å². The fraction of sp³-hybridized carbons (Fsp3) is 0.250. The van der Waals surface area contributed by atoms with Gasteiger partial charge in [0, 0.05) is 18.2 Å². The van der Waals surface area contributed by atoms with Gasteiger partial charge < -0.3 is 10.4 Å². The highest BCUT2D eigenvalue weighted by Crippen LogP contribution is 2.25. The highest BCUT2D eigenvalue weighted by Gasteiger charge is 2.06. The van der Waals surface area contributed by atoms with Crippen LogP contribution in [0.2, 0.25) is 5.02 Å². The minimum Gasteiger partial charge on any atom is -0.506 e. The van der Waals surface area contributed by atoms with Crippen molar-refractivity contribution >= 4 is 11.6 Å². The van der Waals surface area contributed by atoms with E-state index in [4.69, 9.17) is 16.7 Å². The van der Waals surface area contributed by atoms with Crippen LogP contribution in [0.4, 0.5) is 4.39 Å². The van der Waals surface area contributed by atoms with Gasteiger partial charge in [0.15, 0.2) is 0 Å². The maximum absolute atomic E-state index is 13.0. The monoisotopic (exact) mass is 189 g/mol. The number of phenols is 1. The molecule has 0 spiro atoms. The Bertz CT molecular complexity index is 291. The van der Waals surface area contributed by atoms with Gasteiger partial charge in [-0.15, -0.1) is 0 Å². The minimum absolute atomic E-state index is 0.168. The van der Waals surface area contributed by atoms with E-state index < -0.39 is 5.82 Å². The van der Waals surface area contributed by atoms with Crippen LogP contribution in [-0.2, 0) is 6.54 Å². The van der Waals surface area contributed by atoms with E-state index in [0.717, 1.165) is 6.07 Å². The molecule has 1 rings (SSSR count). The number of rotatable bonds is 2. The van der Waals surface area contributed by atoms with Crippen LogP contribution in [0, 0.1) is 5.82 Å². The first kappa shape index (κ1) is 9.29. The maximum Gasteiger partial charge on any atom is 0.137 e. The van der Waals surface area contributed by atoms with Crippen molar-refractivity contribution in [1.29, 1.82) is 0 Å². The van der Waals surface area contributed by atoms with E-state index in [-0.39, 0.29) is 10.8 Å². The summed E-state index contributed by atoms with van der Waals surface area (Å²) in [6, 6.07) is 2.41. The summed E-state index contributed by atoms with van der Waals surface area (Å²) in [5.74, 6) is -0.680. The summed E-state index contributed by atoms with van der Waals surface area (Å²) >= 11 is 5.58. The lowest BCUT2D eigenvalue weighted by Gasteiger charge is -2.03. The van der Waals surface area contributed by atoms with Crippen LogP contribution < -0.4 is 5.32 Å². The first-order valence-electron chi connectivity index (χ1n) is 3.46. The fourth-order valence-electron chi connectivity index (χ4n) is 0.903. The molecule has 0 saturated carbocycles. The second-order valence-corrected chi connectivity index (χ2v) is 2.83. The Labute approximate surface area is 75.0 Å². The Morgan fingerprint density at radius 1 is 1.58 bits per heavy atom. The Kier molecular flexibility index (Phi) is 2.89. The average Bonchev–Trinajstić information content (AvgIpc) is 2.01. The summed E-state index contributed by atoms with van der Waals surface area (Å²) in [5.41, 5.74) is 0.445. The zero-order chi connectivity index (χ0) is 9.14. The van der Waals surface area contributed by atoms with Gasteiger partial charge in [0.05, 0.1) is 5.02 Å². The van der Waals surface area contributed by atoms with Crippen LogP contribution in [-0.4, -0.2) is 12.2 Å². The Hall–Kier alpha value is -0.800. The maximum atomic E-state index is 13.0. The standard InChI is InChI=1S/C8H9ClFNO/c1-11-4-5-2-6(9)8(12)3-7(5)10/h2-3,11-12H,4H2,1H3. The third kappa shape index (κ3) is 1.87. The molecule has 0 saturated heterocycles. The summed E-state index contributed by atoms with van der Waals surface area (Å²) in [4.78, 5) is 0. The molecule has 66 valence electrons. The van der Waals surface area contributed by atoms with Gasteiger partial charge in [0.2, 0.25) is 0 Å². The van der Waals surface area contributed by atoms with Crippen LogP contribution in [0.15, 0.2) is 12.1 Å². The van der Waals surface area contributed by atoms with Crippen LogP contribution >= 0.6 is 11.6 Å². The van der Waals surface area contributed by atoms with Crippen molar-refractivity contribution in [2.24, 2.45) is 0 Å². The van der Waals surface area contributed by atoms with Gasteiger partial charge in [0.25, 0.3) is 0 Å². The third-order valence-corrected chi connectivity index (χ3v) is 1.79. The molecule has 4 heteroatoms. The average molecular weight is 190 g/mol. The number of hydrogen-bond donors (Lipinski definition) is 2. The molecule has 0 amide bonds. The smallest absolute Gasteiger partial charge is 0.137 e. The van der Waals surface area contributed by atoms with Gasteiger partial charge in [0.1, 0.15) is 11.6 Å². The molecule has 0 aromatic heterocycles. The van der Waals surface area contributed by atoms with Crippen molar-refractivity contribution in [1.82, 2.24) is 5.32 Å². The lowest BCUT2D eigenvalue weighted by molar-refractivity contribution is 0.467. The van der Waals surface area contributed by atoms with Gasteiger partial charge >= 0.3 is 0 Å². The van der Waals surface area contributed by atoms with E-state index in [1.165, 1.54) is 6.07 Å². The van der Waals surface area contributed by atoms with Crippen molar-refractivity contribution in [2.75, 3.05) is 7.05 Å². The second kappa shape index (κ2) is 3.74. The molecule has 12 heavy (non-hydrogen) atoms. The number of nitrogens with one attached hydrogen (secondary N) is 1. The largest absolute Gasteiger partial charge is 0.506 e. The van der Waals surface area contributed by atoms with Crippen molar-refractivity contribution in [3.05, 3.63) is 28.5 Å². The number of benzene rings is 1. The zero-order valence-corrected chi connectivity index (χ0v) is 7.32. The summed E-state index contributed by atoms with van der Waals surface area (Å²) in [5, 5.41) is 12.0. The molecule has 2 N–H and O–H groups in total. The lowest BCUT2D eigenvalue weighted by atomic mass is 10.2. The molecule has 0 fully saturated rings. The van der Waals surface area contributed by atoms with Crippen LogP contribution in [0.3, 0.4) is 0 Å². The molecule has 0 aliphatic rings. The van der Waals surface area contributed by atoms with E-state index in [1.807, 2.05) is 0 Å². The Balaban J connectivity index is 3.05. The number of phenolic OH excluding ortho intramolecular Hbond substituents is 1. The van der Waals surface area contributed by atoms with Crippen molar-refractivity contribution in [2.45, 2.75) is 6.54 Å². The quantitative estimate of drug-likeness (QED) is 0.745. The first-order chi connectivity index (χ1) is 5.65. The van der Waals surface area contributed by atoms with Gasteiger partial charge in [-0.2, -0.15) is 0 Å². The van der Waals surface area contributed by atoms with Crippen LogP contribution in [0.1, 0.15) is 5.56 Å². The Morgan fingerprint density at radius 2 is 2.25 bits per heavy atom. The van der Waals surface area contributed by atoms with E-state index >= 15 is 0 Å². The van der Waals surface area contributed by atoms with E-state index in [0.29, 0.717) is 12.1 Å². The molecular weight excluding hydrogens is 181 g/mol. The predicted octanol–water partition coefficient (Wildman–Crippen LogP) is 1.90. The van der Waals surface area contributed by atoms with Gasteiger partial charge in [-0.25, -0.2) is 4.39 Å². The summed E-state index contributed by atoms with van der Waals surface area (Å²) in [7, 11) is 1.71. The molecular formula is C8H9ClFNO. The van der Waals surface area contributed by atoms with Crippen molar-refractivity contribution < 1.29 is 9.50 Å². The predicted molar refractivity (Wildman–Crippen MR) is 45.8 cm³/mol. The summed E-state index contributed by atoms with van der Waals surface area (Å²) in [6.45, 7) is 0.395. The topological polar surface area (TPSA) is 32.3 Å². The number of aromatic hydroxyl groups is 1. The molecule has 1 aromatic rings.